The van der Waals surface area contributed by atoms with Crippen molar-refractivity contribution in [2.75, 3.05) is 51.5 Å². The van der Waals surface area contributed by atoms with Gasteiger partial charge in [0, 0.05) is 32.8 Å². The highest BCUT2D eigenvalue weighted by Crippen LogP contribution is 2.29. The van der Waals surface area contributed by atoms with Crippen molar-refractivity contribution < 1.29 is 9.47 Å². The lowest BCUT2D eigenvalue weighted by molar-refractivity contribution is 0.141. The topological polar surface area (TPSA) is 33.7 Å². The second-order valence-corrected chi connectivity index (χ2v) is 5.07. The number of ether oxygens (including phenoxy) is 2. The zero-order valence-electron chi connectivity index (χ0n) is 13.3. The van der Waals surface area contributed by atoms with Crippen LogP contribution in [0.3, 0.4) is 0 Å². The first kappa shape index (κ1) is 18.2. The number of anilines is 1. The standard InChI is InChI=1S/C16H27ClN2O2/c1-4-20-11-9-19(10-12-21-5-2)16-14(13-18-3)7-6-8-15(16)17/h6-8,18H,4-5,9-13H2,1-3H3. The fraction of sp³-hybridized carbons (Fsp3) is 0.625. The molecule has 0 aliphatic carbocycles. The molecule has 0 spiro atoms. The van der Waals surface area contributed by atoms with E-state index in [0.717, 1.165) is 43.6 Å². The normalized spacial score (nSPS) is 10.9. The molecule has 1 rings (SSSR count). The van der Waals surface area contributed by atoms with Crippen molar-refractivity contribution in [3.8, 4) is 0 Å². The monoisotopic (exact) mass is 314 g/mol. The van der Waals surface area contributed by atoms with Crippen molar-refractivity contribution in [2.24, 2.45) is 0 Å². The Kier molecular flexibility index (Phi) is 9.42. The highest BCUT2D eigenvalue weighted by Gasteiger charge is 2.14. The summed E-state index contributed by atoms with van der Waals surface area (Å²) in [6, 6.07) is 6.03. The van der Waals surface area contributed by atoms with E-state index in [9.17, 15) is 0 Å². The molecule has 4 nitrogen and oxygen atoms in total. The molecule has 21 heavy (non-hydrogen) atoms. The van der Waals surface area contributed by atoms with Crippen LogP contribution < -0.4 is 10.2 Å². The van der Waals surface area contributed by atoms with Crippen LogP contribution in [0.25, 0.3) is 0 Å². The number of benzene rings is 1. The summed E-state index contributed by atoms with van der Waals surface area (Å²) in [6.07, 6.45) is 0. The molecule has 0 fully saturated rings. The highest BCUT2D eigenvalue weighted by molar-refractivity contribution is 6.33. The minimum absolute atomic E-state index is 0.687. The molecule has 0 aromatic heterocycles. The molecule has 5 heteroatoms. The van der Waals surface area contributed by atoms with Crippen LogP contribution >= 0.6 is 11.6 Å². The SMILES string of the molecule is CCOCCN(CCOCC)c1c(Cl)cccc1CNC. The largest absolute Gasteiger partial charge is 0.380 e. The minimum atomic E-state index is 0.687. The van der Waals surface area contributed by atoms with Gasteiger partial charge in [0.15, 0.2) is 0 Å². The molecule has 1 aromatic rings. The van der Waals surface area contributed by atoms with Gasteiger partial charge in [-0.25, -0.2) is 0 Å². The van der Waals surface area contributed by atoms with E-state index >= 15 is 0 Å². The van der Waals surface area contributed by atoms with Crippen molar-refractivity contribution in [1.29, 1.82) is 0 Å². The van der Waals surface area contributed by atoms with Crippen LogP contribution in [0.5, 0.6) is 0 Å². The van der Waals surface area contributed by atoms with Crippen LogP contribution in [0.15, 0.2) is 18.2 Å². The number of hydrogen-bond acceptors (Lipinski definition) is 4. The Morgan fingerprint density at radius 3 is 2.24 bits per heavy atom. The molecular weight excluding hydrogens is 288 g/mol. The molecule has 120 valence electrons. The summed E-state index contributed by atoms with van der Waals surface area (Å²) in [7, 11) is 1.94. The molecule has 0 saturated heterocycles. The number of rotatable bonds is 11. The first-order chi connectivity index (χ1) is 10.2. The van der Waals surface area contributed by atoms with Crippen LogP contribution in [0.1, 0.15) is 19.4 Å². The Hall–Kier alpha value is -0.810. The van der Waals surface area contributed by atoms with Gasteiger partial charge in [-0.05, 0) is 32.5 Å². The predicted molar refractivity (Wildman–Crippen MR) is 89.4 cm³/mol. The first-order valence-corrected chi connectivity index (χ1v) is 7.94. The van der Waals surface area contributed by atoms with Gasteiger partial charge < -0.3 is 19.7 Å². The molecular formula is C16H27ClN2O2. The lowest BCUT2D eigenvalue weighted by atomic mass is 10.1. The Morgan fingerprint density at radius 2 is 1.71 bits per heavy atom. The van der Waals surface area contributed by atoms with E-state index in [2.05, 4.69) is 16.3 Å². The van der Waals surface area contributed by atoms with Gasteiger partial charge in [-0.3, -0.25) is 0 Å². The molecule has 0 saturated carbocycles. The van der Waals surface area contributed by atoms with Crippen molar-refractivity contribution in [2.45, 2.75) is 20.4 Å². The molecule has 0 atom stereocenters. The number of hydrogen-bond donors (Lipinski definition) is 1. The van der Waals surface area contributed by atoms with Gasteiger partial charge in [0.25, 0.3) is 0 Å². The minimum Gasteiger partial charge on any atom is -0.380 e. The summed E-state index contributed by atoms with van der Waals surface area (Å²) in [6.45, 7) is 9.24. The third kappa shape index (κ3) is 6.22. The van der Waals surface area contributed by atoms with Gasteiger partial charge in [-0.1, -0.05) is 23.7 Å². The zero-order chi connectivity index (χ0) is 15.5. The molecule has 0 bridgehead atoms. The van der Waals surface area contributed by atoms with Crippen molar-refractivity contribution in [1.82, 2.24) is 5.32 Å². The van der Waals surface area contributed by atoms with E-state index in [4.69, 9.17) is 21.1 Å². The smallest absolute Gasteiger partial charge is 0.0642 e. The van der Waals surface area contributed by atoms with Crippen LogP contribution in [-0.2, 0) is 16.0 Å². The van der Waals surface area contributed by atoms with Crippen LogP contribution in [0, 0.1) is 0 Å². The summed E-state index contributed by atoms with van der Waals surface area (Å²) in [5.41, 5.74) is 2.27. The summed E-state index contributed by atoms with van der Waals surface area (Å²) >= 11 is 6.43. The van der Waals surface area contributed by atoms with Crippen LogP contribution in [0.4, 0.5) is 5.69 Å². The predicted octanol–water partition coefficient (Wildman–Crippen LogP) is 2.94. The highest BCUT2D eigenvalue weighted by atomic mass is 35.5. The number of para-hydroxylation sites is 1. The molecule has 1 N–H and O–H groups in total. The van der Waals surface area contributed by atoms with E-state index < -0.39 is 0 Å². The molecule has 0 radical (unpaired) electrons. The zero-order valence-corrected chi connectivity index (χ0v) is 14.1. The van der Waals surface area contributed by atoms with Gasteiger partial charge in [0.05, 0.1) is 23.9 Å². The summed E-state index contributed by atoms with van der Waals surface area (Å²) in [5, 5.41) is 3.97. The Labute approximate surface area is 133 Å². The Balaban J connectivity index is 2.88. The van der Waals surface area contributed by atoms with E-state index in [1.165, 1.54) is 5.56 Å². The maximum absolute atomic E-state index is 6.43. The molecule has 0 amide bonds. The maximum atomic E-state index is 6.43. The lowest BCUT2D eigenvalue weighted by Crippen LogP contribution is -2.32. The van der Waals surface area contributed by atoms with Crippen molar-refractivity contribution >= 4 is 17.3 Å². The van der Waals surface area contributed by atoms with E-state index in [0.29, 0.717) is 13.2 Å². The number of halogens is 1. The summed E-state index contributed by atoms with van der Waals surface area (Å²) < 4.78 is 11.0. The van der Waals surface area contributed by atoms with Gasteiger partial charge in [0.1, 0.15) is 0 Å². The van der Waals surface area contributed by atoms with E-state index in [1.807, 2.05) is 33.0 Å². The molecule has 0 unspecified atom stereocenters. The van der Waals surface area contributed by atoms with Crippen molar-refractivity contribution in [3.63, 3.8) is 0 Å². The number of nitrogens with one attached hydrogen (secondary N) is 1. The molecule has 0 heterocycles. The van der Waals surface area contributed by atoms with Crippen molar-refractivity contribution in [3.05, 3.63) is 28.8 Å². The molecule has 0 aliphatic rings. The Morgan fingerprint density at radius 1 is 1.10 bits per heavy atom. The maximum Gasteiger partial charge on any atom is 0.0642 e. The third-order valence-corrected chi connectivity index (χ3v) is 3.48. The second-order valence-electron chi connectivity index (χ2n) is 4.66. The molecule has 1 aromatic carbocycles. The van der Waals surface area contributed by atoms with E-state index in [-0.39, 0.29) is 0 Å². The first-order valence-electron chi connectivity index (χ1n) is 7.57. The average molecular weight is 315 g/mol. The van der Waals surface area contributed by atoms with Gasteiger partial charge >= 0.3 is 0 Å². The second kappa shape index (κ2) is 10.9. The van der Waals surface area contributed by atoms with Gasteiger partial charge in [0.2, 0.25) is 0 Å². The summed E-state index contributed by atoms with van der Waals surface area (Å²) in [5.74, 6) is 0. The lowest BCUT2D eigenvalue weighted by Gasteiger charge is -2.28. The third-order valence-electron chi connectivity index (χ3n) is 3.17. The van der Waals surface area contributed by atoms with Gasteiger partial charge in [-0.15, -0.1) is 0 Å². The Bertz CT molecular complexity index is 392. The van der Waals surface area contributed by atoms with Gasteiger partial charge in [-0.2, -0.15) is 0 Å². The molecule has 0 aliphatic heterocycles. The van der Waals surface area contributed by atoms with Crippen LogP contribution in [0.2, 0.25) is 5.02 Å². The van der Waals surface area contributed by atoms with E-state index in [1.54, 1.807) is 0 Å². The fourth-order valence-electron chi connectivity index (χ4n) is 2.22. The quantitative estimate of drug-likeness (QED) is 0.637. The number of nitrogens with zero attached hydrogens (tertiary/aromatic N) is 1. The van der Waals surface area contributed by atoms with Crippen LogP contribution in [-0.4, -0.2) is 46.6 Å². The average Bonchev–Trinajstić information content (AvgIpc) is 2.47. The summed E-state index contributed by atoms with van der Waals surface area (Å²) in [4.78, 5) is 2.25. The fourth-order valence-corrected chi connectivity index (χ4v) is 2.53.